The van der Waals surface area contributed by atoms with E-state index in [4.69, 9.17) is 4.52 Å². The molecule has 3 aromatic rings. The number of amides is 1. The van der Waals surface area contributed by atoms with E-state index in [1.807, 2.05) is 24.3 Å². The number of para-hydroxylation sites is 1. The predicted octanol–water partition coefficient (Wildman–Crippen LogP) is 4.44. The van der Waals surface area contributed by atoms with Crippen LogP contribution < -0.4 is 5.32 Å². The number of halogens is 2. The summed E-state index contributed by atoms with van der Waals surface area (Å²) in [7, 11) is 0. The van der Waals surface area contributed by atoms with Crippen LogP contribution in [0.15, 0.2) is 53.1 Å². The number of carbonyl (C=O) groups excluding carboxylic acids is 1. The average Bonchev–Trinajstić information content (AvgIpc) is 3.06. The summed E-state index contributed by atoms with van der Waals surface area (Å²) in [5, 5.41) is 6.77. The highest BCUT2D eigenvalue weighted by Crippen LogP contribution is 2.18. The maximum atomic E-state index is 12.9. The average molecular weight is 451 g/mol. The number of carbonyl (C=O) groups is 1. The highest BCUT2D eigenvalue weighted by molar-refractivity contribution is 14.1. The summed E-state index contributed by atoms with van der Waals surface area (Å²) in [5.41, 5.74) is 1.50. The van der Waals surface area contributed by atoms with Crippen LogP contribution in [0.1, 0.15) is 18.7 Å². The van der Waals surface area contributed by atoms with Crippen LogP contribution in [0.25, 0.3) is 11.4 Å². The van der Waals surface area contributed by atoms with Crippen molar-refractivity contribution < 1.29 is 13.7 Å². The molecule has 0 bridgehead atoms. The Morgan fingerprint density at radius 2 is 1.92 bits per heavy atom. The van der Waals surface area contributed by atoms with E-state index in [0.29, 0.717) is 36.5 Å². The smallest absolute Gasteiger partial charge is 0.226 e. The lowest BCUT2D eigenvalue weighted by molar-refractivity contribution is -0.116. The number of nitrogens with zero attached hydrogens (tertiary/aromatic N) is 2. The van der Waals surface area contributed by atoms with Gasteiger partial charge in [-0.15, -0.1) is 0 Å². The van der Waals surface area contributed by atoms with E-state index in [2.05, 4.69) is 38.0 Å². The fourth-order valence-electron chi connectivity index (χ4n) is 2.25. The number of nitrogens with one attached hydrogen (secondary N) is 1. The Bertz CT molecular complexity index is 865. The highest BCUT2D eigenvalue weighted by atomic mass is 127. The van der Waals surface area contributed by atoms with Gasteiger partial charge in [0.05, 0.1) is 5.69 Å². The Morgan fingerprint density at radius 1 is 1.16 bits per heavy atom. The van der Waals surface area contributed by atoms with Gasteiger partial charge in [-0.1, -0.05) is 17.3 Å². The molecule has 0 atom stereocenters. The summed E-state index contributed by atoms with van der Waals surface area (Å²) >= 11 is 2.18. The van der Waals surface area contributed by atoms with Crippen LogP contribution in [-0.4, -0.2) is 16.0 Å². The first-order valence-corrected chi connectivity index (χ1v) is 8.82. The molecule has 128 valence electrons. The number of anilines is 1. The van der Waals surface area contributed by atoms with E-state index >= 15 is 0 Å². The molecule has 0 aliphatic rings. The molecule has 1 amide bonds. The summed E-state index contributed by atoms with van der Waals surface area (Å²) in [6, 6.07) is 13.5. The van der Waals surface area contributed by atoms with Gasteiger partial charge in [0.1, 0.15) is 5.82 Å². The molecule has 0 radical (unpaired) electrons. The minimum Gasteiger partial charge on any atom is -0.339 e. The quantitative estimate of drug-likeness (QED) is 0.563. The summed E-state index contributed by atoms with van der Waals surface area (Å²) in [4.78, 5) is 16.3. The molecule has 25 heavy (non-hydrogen) atoms. The van der Waals surface area contributed by atoms with Gasteiger partial charge in [-0.05, 0) is 65.4 Å². The van der Waals surface area contributed by atoms with Crippen LogP contribution in [0, 0.1) is 9.39 Å². The summed E-state index contributed by atoms with van der Waals surface area (Å²) < 4.78 is 19.1. The van der Waals surface area contributed by atoms with Crippen molar-refractivity contribution in [1.29, 1.82) is 0 Å². The van der Waals surface area contributed by atoms with E-state index in [0.717, 1.165) is 9.26 Å². The molecule has 0 aliphatic heterocycles. The number of benzene rings is 2. The molecule has 5 nitrogen and oxygen atoms in total. The number of rotatable bonds is 6. The standard InChI is InChI=1S/C18H15FIN3O2/c19-13-10-8-12(9-11-13)18-22-17(25-23-18)7-3-6-16(24)21-15-5-2-1-4-14(15)20/h1-2,4-5,8-11H,3,6-7H2,(H,21,24). The number of hydrogen-bond donors (Lipinski definition) is 1. The minimum absolute atomic E-state index is 0.0533. The van der Waals surface area contributed by atoms with Gasteiger partial charge < -0.3 is 9.84 Å². The van der Waals surface area contributed by atoms with Gasteiger partial charge >= 0.3 is 0 Å². The van der Waals surface area contributed by atoms with E-state index in [1.165, 1.54) is 12.1 Å². The van der Waals surface area contributed by atoms with Gasteiger partial charge in [0.25, 0.3) is 0 Å². The Balaban J connectivity index is 1.50. The van der Waals surface area contributed by atoms with E-state index < -0.39 is 0 Å². The maximum Gasteiger partial charge on any atom is 0.226 e. The van der Waals surface area contributed by atoms with Crippen molar-refractivity contribution in [3.63, 3.8) is 0 Å². The van der Waals surface area contributed by atoms with Crippen molar-refractivity contribution >= 4 is 34.2 Å². The molecule has 0 fully saturated rings. The second kappa shape index (κ2) is 8.19. The van der Waals surface area contributed by atoms with Crippen molar-refractivity contribution in [2.45, 2.75) is 19.3 Å². The van der Waals surface area contributed by atoms with Gasteiger partial charge in [-0.25, -0.2) is 4.39 Å². The predicted molar refractivity (Wildman–Crippen MR) is 100 cm³/mol. The fraction of sp³-hybridized carbons (Fsp3) is 0.167. The lowest BCUT2D eigenvalue weighted by Gasteiger charge is -2.06. The second-order valence-corrected chi connectivity index (χ2v) is 6.56. The molecule has 1 aromatic heterocycles. The summed E-state index contributed by atoms with van der Waals surface area (Å²) in [5.74, 6) is 0.508. The first-order valence-electron chi connectivity index (χ1n) is 7.75. The number of aryl methyl sites for hydroxylation is 1. The largest absolute Gasteiger partial charge is 0.339 e. The molecule has 0 saturated heterocycles. The Kier molecular flexibility index (Phi) is 5.75. The van der Waals surface area contributed by atoms with Gasteiger partial charge in [-0.3, -0.25) is 4.79 Å². The van der Waals surface area contributed by atoms with Crippen LogP contribution in [-0.2, 0) is 11.2 Å². The van der Waals surface area contributed by atoms with E-state index in [-0.39, 0.29) is 11.7 Å². The van der Waals surface area contributed by atoms with Crippen molar-refractivity contribution in [2.24, 2.45) is 0 Å². The molecular formula is C18H15FIN3O2. The Labute approximate surface area is 157 Å². The number of aromatic nitrogens is 2. The third-order valence-corrected chi connectivity index (χ3v) is 4.45. The second-order valence-electron chi connectivity index (χ2n) is 5.40. The zero-order chi connectivity index (χ0) is 17.6. The molecule has 7 heteroatoms. The highest BCUT2D eigenvalue weighted by Gasteiger charge is 2.10. The zero-order valence-corrected chi connectivity index (χ0v) is 15.4. The maximum absolute atomic E-state index is 12.9. The first-order chi connectivity index (χ1) is 12.1. The SMILES string of the molecule is O=C(CCCc1nc(-c2ccc(F)cc2)no1)Nc1ccccc1I. The van der Waals surface area contributed by atoms with Crippen LogP contribution in [0.4, 0.5) is 10.1 Å². The van der Waals surface area contributed by atoms with Crippen LogP contribution >= 0.6 is 22.6 Å². The Hall–Kier alpha value is -2.29. The molecule has 0 saturated carbocycles. The molecule has 3 rings (SSSR count). The van der Waals surface area contributed by atoms with Crippen molar-refractivity contribution in [3.05, 3.63) is 63.8 Å². The van der Waals surface area contributed by atoms with Crippen molar-refractivity contribution in [1.82, 2.24) is 10.1 Å². The molecule has 0 aliphatic carbocycles. The molecule has 0 unspecified atom stereocenters. The minimum atomic E-state index is -0.313. The molecule has 2 aromatic carbocycles. The fourth-order valence-corrected chi connectivity index (χ4v) is 2.77. The number of hydrogen-bond acceptors (Lipinski definition) is 4. The van der Waals surface area contributed by atoms with Gasteiger partial charge in [0, 0.05) is 22.0 Å². The van der Waals surface area contributed by atoms with Gasteiger partial charge in [0.15, 0.2) is 0 Å². The van der Waals surface area contributed by atoms with E-state index in [9.17, 15) is 9.18 Å². The molecule has 0 spiro atoms. The molecular weight excluding hydrogens is 436 g/mol. The van der Waals surface area contributed by atoms with Crippen LogP contribution in [0.5, 0.6) is 0 Å². The van der Waals surface area contributed by atoms with Crippen LogP contribution in [0.3, 0.4) is 0 Å². The summed E-state index contributed by atoms with van der Waals surface area (Å²) in [6.45, 7) is 0. The van der Waals surface area contributed by atoms with Crippen LogP contribution in [0.2, 0.25) is 0 Å². The lowest BCUT2D eigenvalue weighted by atomic mass is 10.2. The lowest BCUT2D eigenvalue weighted by Crippen LogP contribution is -2.12. The van der Waals surface area contributed by atoms with Crippen molar-refractivity contribution in [2.75, 3.05) is 5.32 Å². The first kappa shape index (κ1) is 17.5. The summed E-state index contributed by atoms with van der Waals surface area (Å²) in [6.07, 6.45) is 1.47. The van der Waals surface area contributed by atoms with E-state index in [1.54, 1.807) is 12.1 Å². The van der Waals surface area contributed by atoms with Gasteiger partial charge in [0.2, 0.25) is 17.6 Å². The van der Waals surface area contributed by atoms with Gasteiger partial charge in [-0.2, -0.15) is 4.98 Å². The Morgan fingerprint density at radius 3 is 2.68 bits per heavy atom. The zero-order valence-electron chi connectivity index (χ0n) is 13.2. The monoisotopic (exact) mass is 451 g/mol. The topological polar surface area (TPSA) is 68.0 Å². The molecule has 1 heterocycles. The third-order valence-electron chi connectivity index (χ3n) is 3.51. The third kappa shape index (κ3) is 4.85. The normalized spacial score (nSPS) is 10.6. The van der Waals surface area contributed by atoms with Crippen molar-refractivity contribution in [3.8, 4) is 11.4 Å². The molecule has 1 N–H and O–H groups in total.